The lowest BCUT2D eigenvalue weighted by Crippen LogP contribution is -2.34. The summed E-state index contributed by atoms with van der Waals surface area (Å²) in [6.45, 7) is 0.476. The van der Waals surface area contributed by atoms with E-state index in [-0.39, 0.29) is 11.8 Å². The summed E-state index contributed by atoms with van der Waals surface area (Å²) >= 11 is 1.57. The third kappa shape index (κ3) is 3.73. The predicted molar refractivity (Wildman–Crippen MR) is 114 cm³/mol. The molecule has 0 unspecified atom stereocenters. The molecule has 0 atom stereocenters. The molecule has 6 heteroatoms. The molecule has 5 nitrogen and oxygen atoms in total. The van der Waals surface area contributed by atoms with Crippen LogP contribution in [0.4, 0.5) is 17.1 Å². The van der Waals surface area contributed by atoms with E-state index in [1.807, 2.05) is 48.5 Å². The molecule has 3 aromatic carbocycles. The normalized spacial score (nSPS) is 13.1. The summed E-state index contributed by atoms with van der Waals surface area (Å²) in [6, 6.07) is 22.3. The number of amides is 2. The molecule has 1 aliphatic rings. The van der Waals surface area contributed by atoms with Gasteiger partial charge in [-0.05, 0) is 42.0 Å². The van der Waals surface area contributed by atoms with Crippen molar-refractivity contribution < 1.29 is 9.59 Å². The van der Waals surface area contributed by atoms with Crippen molar-refractivity contribution in [2.75, 3.05) is 21.7 Å². The molecular formula is C22H19N3O2S. The lowest BCUT2D eigenvalue weighted by Gasteiger charge is -2.29. The maximum Gasteiger partial charge on any atom is 0.255 e. The summed E-state index contributed by atoms with van der Waals surface area (Å²) in [5, 5.41) is 2.82. The number of thioether (sulfide) groups is 1. The van der Waals surface area contributed by atoms with Gasteiger partial charge in [-0.25, -0.2) is 0 Å². The minimum absolute atomic E-state index is 0.0880. The average Bonchev–Trinajstić information content (AvgIpc) is 2.72. The van der Waals surface area contributed by atoms with Crippen LogP contribution in [0.2, 0.25) is 0 Å². The molecule has 1 aliphatic heterocycles. The Morgan fingerprint density at radius 3 is 2.50 bits per heavy atom. The Labute approximate surface area is 167 Å². The lowest BCUT2D eigenvalue weighted by atomic mass is 10.1. The van der Waals surface area contributed by atoms with E-state index in [1.54, 1.807) is 40.9 Å². The van der Waals surface area contributed by atoms with E-state index in [9.17, 15) is 9.59 Å². The molecule has 3 N–H and O–H groups in total. The molecule has 0 radical (unpaired) electrons. The number of para-hydroxylation sites is 3. The van der Waals surface area contributed by atoms with Crippen molar-refractivity contribution in [3.05, 3.63) is 83.9 Å². The molecule has 4 rings (SSSR count). The molecule has 0 saturated heterocycles. The molecule has 28 heavy (non-hydrogen) atoms. The van der Waals surface area contributed by atoms with Gasteiger partial charge in [0.2, 0.25) is 5.91 Å². The smallest absolute Gasteiger partial charge is 0.255 e. The fourth-order valence-electron chi connectivity index (χ4n) is 3.08. The third-order valence-electron chi connectivity index (χ3n) is 4.57. The summed E-state index contributed by atoms with van der Waals surface area (Å²) in [4.78, 5) is 27.8. The molecule has 3 aromatic rings. The van der Waals surface area contributed by atoms with Crippen LogP contribution in [0.3, 0.4) is 0 Å². The number of nitrogen functional groups attached to an aromatic ring is 1. The zero-order valence-electron chi connectivity index (χ0n) is 15.1. The molecular weight excluding hydrogens is 370 g/mol. The van der Waals surface area contributed by atoms with Crippen LogP contribution in [0.15, 0.2) is 77.7 Å². The van der Waals surface area contributed by atoms with Gasteiger partial charge >= 0.3 is 0 Å². The van der Waals surface area contributed by atoms with Gasteiger partial charge in [-0.2, -0.15) is 0 Å². The van der Waals surface area contributed by atoms with Crippen molar-refractivity contribution in [2.24, 2.45) is 0 Å². The Kier molecular flexibility index (Phi) is 5.04. The zero-order valence-corrected chi connectivity index (χ0v) is 15.9. The van der Waals surface area contributed by atoms with E-state index in [0.717, 1.165) is 16.1 Å². The Bertz CT molecular complexity index is 1030. The number of fused-ring (bicyclic) bond motifs is 1. The number of rotatable bonds is 4. The van der Waals surface area contributed by atoms with Crippen LogP contribution in [0, 0.1) is 0 Å². The van der Waals surface area contributed by atoms with Crippen LogP contribution in [-0.2, 0) is 11.3 Å². The predicted octanol–water partition coefficient (Wildman–Crippen LogP) is 4.16. The second kappa shape index (κ2) is 7.78. The topological polar surface area (TPSA) is 75.4 Å². The summed E-state index contributed by atoms with van der Waals surface area (Å²) in [5.74, 6) is 0.307. The van der Waals surface area contributed by atoms with Crippen molar-refractivity contribution in [2.45, 2.75) is 11.4 Å². The first-order chi connectivity index (χ1) is 13.6. The maximum atomic E-state index is 12.4. The number of hydrogen-bond donors (Lipinski definition) is 2. The second-order valence-electron chi connectivity index (χ2n) is 6.47. The van der Waals surface area contributed by atoms with Crippen molar-refractivity contribution >= 4 is 40.6 Å². The standard InChI is InChI=1S/C22H19N3O2S/c23-17-5-1-2-6-18(17)24-22(27)16-11-9-15(10-12-16)13-25-19-7-3-4-8-20(19)28-14-21(25)26/h1-12H,13-14,23H2,(H,24,27). The van der Waals surface area contributed by atoms with Crippen LogP contribution < -0.4 is 16.0 Å². The molecule has 0 aromatic heterocycles. The quantitative estimate of drug-likeness (QED) is 0.657. The molecule has 1 heterocycles. The van der Waals surface area contributed by atoms with Crippen molar-refractivity contribution in [1.82, 2.24) is 0 Å². The fraction of sp³-hybridized carbons (Fsp3) is 0.0909. The summed E-state index contributed by atoms with van der Waals surface area (Å²) < 4.78 is 0. The van der Waals surface area contributed by atoms with Crippen molar-refractivity contribution in [3.63, 3.8) is 0 Å². The number of nitrogens with one attached hydrogen (secondary N) is 1. The maximum absolute atomic E-state index is 12.4. The number of carbonyl (C=O) groups excluding carboxylic acids is 2. The molecule has 2 amide bonds. The van der Waals surface area contributed by atoms with Crippen LogP contribution in [-0.4, -0.2) is 17.6 Å². The highest BCUT2D eigenvalue weighted by Gasteiger charge is 2.24. The molecule has 0 aliphatic carbocycles. The average molecular weight is 389 g/mol. The van der Waals surface area contributed by atoms with E-state index in [4.69, 9.17) is 5.73 Å². The minimum atomic E-state index is -0.222. The van der Waals surface area contributed by atoms with Gasteiger partial charge in [0.15, 0.2) is 0 Å². The highest BCUT2D eigenvalue weighted by Crippen LogP contribution is 2.35. The lowest BCUT2D eigenvalue weighted by molar-refractivity contribution is -0.116. The SMILES string of the molecule is Nc1ccccc1NC(=O)c1ccc(CN2C(=O)CSc3ccccc32)cc1. The molecule has 0 bridgehead atoms. The fourth-order valence-corrected chi connectivity index (χ4v) is 4.01. The number of benzene rings is 3. The number of carbonyl (C=O) groups is 2. The third-order valence-corrected chi connectivity index (χ3v) is 5.62. The summed E-state index contributed by atoms with van der Waals surface area (Å²) in [5.41, 5.74) is 9.42. The number of anilines is 3. The van der Waals surface area contributed by atoms with Gasteiger partial charge in [-0.1, -0.05) is 36.4 Å². The van der Waals surface area contributed by atoms with Crippen molar-refractivity contribution in [1.29, 1.82) is 0 Å². The van der Waals surface area contributed by atoms with E-state index in [2.05, 4.69) is 5.32 Å². The number of nitrogens with two attached hydrogens (primary N) is 1. The van der Waals surface area contributed by atoms with Gasteiger partial charge in [-0.15, -0.1) is 11.8 Å². The Balaban J connectivity index is 1.49. The Hall–Kier alpha value is -3.25. The molecule has 0 saturated carbocycles. The highest BCUT2D eigenvalue weighted by atomic mass is 32.2. The van der Waals surface area contributed by atoms with Crippen LogP contribution in [0.5, 0.6) is 0 Å². The van der Waals surface area contributed by atoms with Gasteiger partial charge in [0.25, 0.3) is 5.91 Å². The van der Waals surface area contributed by atoms with Gasteiger partial charge < -0.3 is 16.0 Å². The number of nitrogens with zero attached hydrogens (tertiary/aromatic N) is 1. The van der Waals surface area contributed by atoms with Crippen LogP contribution >= 0.6 is 11.8 Å². The zero-order chi connectivity index (χ0) is 19.5. The van der Waals surface area contributed by atoms with Gasteiger partial charge in [0.05, 0.1) is 29.4 Å². The molecule has 0 fully saturated rings. The van der Waals surface area contributed by atoms with Crippen molar-refractivity contribution in [3.8, 4) is 0 Å². The van der Waals surface area contributed by atoms with E-state index >= 15 is 0 Å². The summed E-state index contributed by atoms with van der Waals surface area (Å²) in [7, 11) is 0. The minimum Gasteiger partial charge on any atom is -0.397 e. The van der Waals surface area contributed by atoms with Gasteiger partial charge in [0, 0.05) is 10.5 Å². The molecule has 140 valence electrons. The second-order valence-corrected chi connectivity index (χ2v) is 7.49. The molecule has 0 spiro atoms. The highest BCUT2D eigenvalue weighted by molar-refractivity contribution is 8.00. The monoisotopic (exact) mass is 389 g/mol. The first-order valence-electron chi connectivity index (χ1n) is 8.89. The Morgan fingerprint density at radius 2 is 1.71 bits per heavy atom. The number of hydrogen-bond acceptors (Lipinski definition) is 4. The van der Waals surface area contributed by atoms with Crippen LogP contribution in [0.1, 0.15) is 15.9 Å². The van der Waals surface area contributed by atoms with Gasteiger partial charge in [-0.3, -0.25) is 9.59 Å². The van der Waals surface area contributed by atoms with E-state index in [1.165, 1.54) is 0 Å². The first kappa shape index (κ1) is 18.1. The van der Waals surface area contributed by atoms with E-state index < -0.39 is 0 Å². The largest absolute Gasteiger partial charge is 0.397 e. The van der Waals surface area contributed by atoms with E-state index in [0.29, 0.717) is 29.2 Å². The Morgan fingerprint density at radius 1 is 1.00 bits per heavy atom. The van der Waals surface area contributed by atoms with Crippen LogP contribution in [0.25, 0.3) is 0 Å². The summed E-state index contributed by atoms with van der Waals surface area (Å²) in [6.07, 6.45) is 0. The first-order valence-corrected chi connectivity index (χ1v) is 9.87. The van der Waals surface area contributed by atoms with Gasteiger partial charge in [0.1, 0.15) is 0 Å².